The fourth-order valence-corrected chi connectivity index (χ4v) is 2.20. The normalized spacial score (nSPS) is 10.5. The van der Waals surface area contributed by atoms with Gasteiger partial charge in [0.05, 0.1) is 24.3 Å². The summed E-state index contributed by atoms with van der Waals surface area (Å²) >= 11 is 17.3. The van der Waals surface area contributed by atoms with Crippen LogP contribution in [-0.4, -0.2) is 35.6 Å². The summed E-state index contributed by atoms with van der Waals surface area (Å²) in [5.41, 5.74) is 0.479. The van der Waals surface area contributed by atoms with E-state index < -0.39 is 0 Å². The van der Waals surface area contributed by atoms with Crippen LogP contribution in [0, 0.1) is 0 Å². The number of rotatable bonds is 7. The summed E-state index contributed by atoms with van der Waals surface area (Å²) in [5, 5.41) is 13.0. The molecule has 0 aliphatic carbocycles. The topological polar surface area (TPSA) is 77.6 Å². The predicted molar refractivity (Wildman–Crippen MR) is 87.4 cm³/mol. The van der Waals surface area contributed by atoms with E-state index in [0.29, 0.717) is 27.9 Å². The van der Waals surface area contributed by atoms with Crippen LogP contribution in [0.5, 0.6) is 11.5 Å². The second-order valence-corrected chi connectivity index (χ2v) is 5.70. The molecule has 124 valence electrons. The molecular weight excluding hydrogens is 367 g/mol. The van der Waals surface area contributed by atoms with Gasteiger partial charge in [-0.05, 0) is 12.1 Å². The first kappa shape index (κ1) is 17.9. The minimum absolute atomic E-state index is 0.0778. The molecule has 1 N–H and O–H groups in total. The molecule has 2 rings (SSSR count). The highest BCUT2D eigenvalue weighted by Gasteiger charge is 2.18. The summed E-state index contributed by atoms with van der Waals surface area (Å²) in [5.74, 6) is 1.43. The number of aliphatic hydroxyl groups is 1. The number of methoxy groups -OCH3 is 1. The van der Waals surface area contributed by atoms with Crippen molar-refractivity contribution in [3.8, 4) is 23.0 Å². The van der Waals surface area contributed by atoms with Gasteiger partial charge in [-0.1, -0.05) is 40.0 Å². The van der Waals surface area contributed by atoms with Crippen LogP contribution in [0.15, 0.2) is 27.2 Å². The quantitative estimate of drug-likeness (QED) is 0.791. The van der Waals surface area contributed by atoms with E-state index in [2.05, 4.69) is 10.1 Å². The summed E-state index contributed by atoms with van der Waals surface area (Å²) in [7, 11) is 1.48. The second kappa shape index (κ2) is 8.40. The van der Waals surface area contributed by atoms with Crippen molar-refractivity contribution in [2.45, 2.75) is 6.42 Å². The molecule has 0 bridgehead atoms. The molecule has 0 amide bonds. The van der Waals surface area contributed by atoms with Crippen molar-refractivity contribution in [3.63, 3.8) is 0 Å². The van der Waals surface area contributed by atoms with Crippen molar-refractivity contribution in [2.75, 3.05) is 20.3 Å². The van der Waals surface area contributed by atoms with Crippen molar-refractivity contribution in [1.29, 1.82) is 0 Å². The number of hydrogen-bond acceptors (Lipinski definition) is 6. The molecule has 0 aliphatic heterocycles. The zero-order valence-corrected chi connectivity index (χ0v) is 14.3. The number of aromatic nitrogens is 2. The third kappa shape index (κ3) is 4.75. The first-order valence-electron chi connectivity index (χ1n) is 6.50. The Labute approximate surface area is 147 Å². The van der Waals surface area contributed by atoms with Gasteiger partial charge in [0.2, 0.25) is 0 Å². The molecule has 0 radical (unpaired) electrons. The first-order chi connectivity index (χ1) is 11.0. The smallest absolute Gasteiger partial charge is 0.261 e. The van der Waals surface area contributed by atoms with E-state index in [1.807, 2.05) is 0 Å². The molecular formula is C14H13Cl3N2O4. The molecule has 9 heteroatoms. The fraction of sp³-hybridized carbons (Fsp3) is 0.286. The summed E-state index contributed by atoms with van der Waals surface area (Å²) in [6.07, 6.45) is 1.78. The summed E-state index contributed by atoms with van der Waals surface area (Å²) < 4.78 is 16.1. The van der Waals surface area contributed by atoms with E-state index in [1.54, 1.807) is 12.1 Å². The van der Waals surface area contributed by atoms with Crippen molar-refractivity contribution in [1.82, 2.24) is 10.1 Å². The molecule has 1 heterocycles. The zero-order chi connectivity index (χ0) is 16.8. The minimum atomic E-state index is -0.0778. The van der Waals surface area contributed by atoms with Crippen LogP contribution in [-0.2, 0) is 6.42 Å². The van der Waals surface area contributed by atoms with E-state index >= 15 is 0 Å². The summed E-state index contributed by atoms with van der Waals surface area (Å²) in [6, 6.07) is 3.24. The molecule has 1 aromatic heterocycles. The molecule has 0 spiro atoms. The van der Waals surface area contributed by atoms with Crippen LogP contribution >= 0.6 is 34.8 Å². The van der Waals surface area contributed by atoms with Gasteiger partial charge in [0.25, 0.3) is 5.89 Å². The van der Waals surface area contributed by atoms with Crippen molar-refractivity contribution < 1.29 is 19.1 Å². The highest BCUT2D eigenvalue weighted by atomic mass is 35.5. The van der Waals surface area contributed by atoms with Crippen LogP contribution in [0.4, 0.5) is 0 Å². The van der Waals surface area contributed by atoms with Gasteiger partial charge in [-0.3, -0.25) is 0 Å². The number of hydrogen-bond donors (Lipinski definition) is 1. The predicted octanol–water partition coefficient (Wildman–Crippen LogP) is 3.63. The minimum Gasteiger partial charge on any atom is -0.494 e. The highest BCUT2D eigenvalue weighted by molar-refractivity contribution is 6.55. The third-order valence-electron chi connectivity index (χ3n) is 2.74. The Morgan fingerprint density at radius 3 is 2.83 bits per heavy atom. The molecule has 0 saturated heterocycles. The van der Waals surface area contributed by atoms with Gasteiger partial charge < -0.3 is 19.1 Å². The third-order valence-corrected chi connectivity index (χ3v) is 3.33. The van der Waals surface area contributed by atoms with Crippen molar-refractivity contribution >= 4 is 34.8 Å². The van der Waals surface area contributed by atoms with Gasteiger partial charge >= 0.3 is 0 Å². The molecule has 0 aliphatic rings. The van der Waals surface area contributed by atoms with E-state index in [-0.39, 0.29) is 30.0 Å². The van der Waals surface area contributed by atoms with Gasteiger partial charge in [0, 0.05) is 12.5 Å². The Balaban J connectivity index is 2.35. The average Bonchev–Trinajstić information content (AvgIpc) is 2.95. The number of ether oxygens (including phenoxy) is 2. The number of halogens is 3. The maximum absolute atomic E-state index is 8.92. The number of aliphatic hydroxyl groups excluding tert-OH is 1. The second-order valence-electron chi connectivity index (χ2n) is 4.28. The van der Waals surface area contributed by atoms with Crippen molar-refractivity contribution in [3.05, 3.63) is 33.5 Å². The van der Waals surface area contributed by atoms with Crippen molar-refractivity contribution in [2.24, 2.45) is 0 Å². The lowest BCUT2D eigenvalue weighted by Gasteiger charge is -2.10. The van der Waals surface area contributed by atoms with Crippen LogP contribution in [0.1, 0.15) is 5.82 Å². The van der Waals surface area contributed by atoms with Crippen LogP contribution < -0.4 is 9.47 Å². The van der Waals surface area contributed by atoms with Crippen LogP contribution in [0.2, 0.25) is 5.02 Å². The molecule has 23 heavy (non-hydrogen) atoms. The standard InChI is InChI=1S/C14H13Cl3N2O4/c1-21-13-9(14-18-12(2-4-20)19-23-14)6-8(7-10(13)15)22-5-3-11(16)17/h3,6-7,20H,2,4-5H2,1H3. The largest absolute Gasteiger partial charge is 0.494 e. The first-order valence-corrected chi connectivity index (χ1v) is 7.63. The molecule has 1 aromatic carbocycles. The Morgan fingerprint density at radius 1 is 1.39 bits per heavy atom. The summed E-state index contributed by atoms with van der Waals surface area (Å²) in [4.78, 5) is 4.18. The Morgan fingerprint density at radius 2 is 2.17 bits per heavy atom. The van der Waals surface area contributed by atoms with Gasteiger partial charge in [-0.2, -0.15) is 4.98 Å². The zero-order valence-electron chi connectivity index (χ0n) is 12.1. The molecule has 2 aromatic rings. The molecule has 0 atom stereocenters. The van der Waals surface area contributed by atoms with E-state index in [9.17, 15) is 0 Å². The van der Waals surface area contributed by atoms with Gasteiger partial charge in [0.15, 0.2) is 5.82 Å². The Bertz CT molecular complexity index is 699. The maximum atomic E-state index is 8.92. The Kier molecular flexibility index (Phi) is 6.53. The van der Waals surface area contributed by atoms with Crippen LogP contribution in [0.25, 0.3) is 11.5 Å². The lowest BCUT2D eigenvalue weighted by Crippen LogP contribution is -1.97. The van der Waals surface area contributed by atoms with E-state index in [4.69, 9.17) is 53.9 Å². The van der Waals surface area contributed by atoms with Gasteiger partial charge in [0.1, 0.15) is 22.6 Å². The lowest BCUT2D eigenvalue weighted by atomic mass is 10.2. The fourth-order valence-electron chi connectivity index (χ4n) is 1.78. The lowest BCUT2D eigenvalue weighted by molar-refractivity contribution is 0.293. The molecule has 6 nitrogen and oxygen atoms in total. The van der Waals surface area contributed by atoms with E-state index in [1.165, 1.54) is 13.2 Å². The monoisotopic (exact) mass is 378 g/mol. The average molecular weight is 380 g/mol. The molecule has 0 saturated carbocycles. The number of nitrogens with zero attached hydrogens (tertiary/aromatic N) is 2. The maximum Gasteiger partial charge on any atom is 0.261 e. The molecule has 0 fully saturated rings. The summed E-state index contributed by atoms with van der Waals surface area (Å²) in [6.45, 7) is 0.0928. The highest BCUT2D eigenvalue weighted by Crippen LogP contribution is 2.39. The number of benzene rings is 1. The molecule has 0 unspecified atom stereocenters. The SMILES string of the molecule is COc1c(Cl)cc(OCC=C(Cl)Cl)cc1-c1nc(CCO)no1. The van der Waals surface area contributed by atoms with Crippen LogP contribution in [0.3, 0.4) is 0 Å². The Hall–Kier alpha value is -1.47. The van der Waals surface area contributed by atoms with Gasteiger partial charge in [-0.15, -0.1) is 0 Å². The van der Waals surface area contributed by atoms with Gasteiger partial charge in [-0.25, -0.2) is 0 Å². The van der Waals surface area contributed by atoms with E-state index in [0.717, 1.165) is 0 Å².